The van der Waals surface area contributed by atoms with Crippen LogP contribution in [-0.4, -0.2) is 37.8 Å². The Morgan fingerprint density at radius 1 is 1.20 bits per heavy atom. The van der Waals surface area contributed by atoms with Crippen LogP contribution in [-0.2, 0) is 4.79 Å². The summed E-state index contributed by atoms with van der Waals surface area (Å²) in [6, 6.07) is 0. The summed E-state index contributed by atoms with van der Waals surface area (Å²) in [6.07, 6.45) is 0.375. The number of thioether (sulfide) groups is 2. The van der Waals surface area contributed by atoms with Crippen molar-refractivity contribution in [1.29, 1.82) is 0 Å². The molecule has 0 atom stereocenters. The lowest BCUT2D eigenvalue weighted by molar-refractivity contribution is -0.115. The number of nitrogens with zero attached hydrogens (tertiary/aromatic N) is 4. The van der Waals surface area contributed by atoms with Crippen molar-refractivity contribution in [2.24, 2.45) is 0 Å². The Kier molecular flexibility index (Phi) is 6.01. The van der Waals surface area contributed by atoms with Gasteiger partial charge in [0, 0.05) is 12.2 Å². The standard InChI is InChI=1S/C9H12N6OS4/c1-2-17-8-15-13-7(20-8)11-5(16)3-4-18-9-14-12-6(10)19-9/h2-4H2,1H3,(H2,10,12)(H,11,13,16). The van der Waals surface area contributed by atoms with Gasteiger partial charge in [-0.3, -0.25) is 4.79 Å². The van der Waals surface area contributed by atoms with Gasteiger partial charge in [0.2, 0.25) is 16.2 Å². The van der Waals surface area contributed by atoms with Gasteiger partial charge >= 0.3 is 0 Å². The third-order valence-corrected chi connectivity index (χ3v) is 5.64. The maximum atomic E-state index is 11.7. The van der Waals surface area contributed by atoms with Gasteiger partial charge < -0.3 is 11.1 Å². The van der Waals surface area contributed by atoms with E-state index < -0.39 is 0 Å². The van der Waals surface area contributed by atoms with Gasteiger partial charge in [-0.1, -0.05) is 53.1 Å². The largest absolute Gasteiger partial charge is 0.374 e. The second kappa shape index (κ2) is 7.76. The summed E-state index contributed by atoms with van der Waals surface area (Å²) in [5.74, 6) is 1.47. The molecule has 7 nitrogen and oxygen atoms in total. The first-order valence-corrected chi connectivity index (χ1v) is 9.25. The summed E-state index contributed by atoms with van der Waals surface area (Å²) >= 11 is 5.77. The van der Waals surface area contributed by atoms with Crippen LogP contribution in [0.4, 0.5) is 10.3 Å². The molecule has 0 spiro atoms. The quantitative estimate of drug-likeness (QED) is 0.579. The lowest BCUT2D eigenvalue weighted by Gasteiger charge is -1.99. The van der Waals surface area contributed by atoms with Crippen LogP contribution in [0.5, 0.6) is 0 Å². The van der Waals surface area contributed by atoms with E-state index in [4.69, 9.17) is 5.73 Å². The molecule has 0 radical (unpaired) electrons. The number of anilines is 2. The SMILES string of the molecule is CCSc1nnc(NC(=O)CCSc2nnc(N)s2)s1. The van der Waals surface area contributed by atoms with E-state index in [2.05, 4.69) is 25.7 Å². The van der Waals surface area contributed by atoms with Crippen molar-refractivity contribution in [2.45, 2.75) is 22.0 Å². The Balaban J connectivity index is 1.71. The van der Waals surface area contributed by atoms with Gasteiger partial charge in [-0.15, -0.1) is 20.4 Å². The van der Waals surface area contributed by atoms with Crippen LogP contribution in [0.2, 0.25) is 0 Å². The van der Waals surface area contributed by atoms with E-state index >= 15 is 0 Å². The zero-order valence-corrected chi connectivity index (χ0v) is 13.8. The van der Waals surface area contributed by atoms with Crippen molar-refractivity contribution in [3.8, 4) is 0 Å². The first kappa shape index (κ1) is 15.5. The molecule has 0 saturated heterocycles. The van der Waals surface area contributed by atoms with Crippen LogP contribution in [0.3, 0.4) is 0 Å². The molecule has 2 aromatic heterocycles. The monoisotopic (exact) mass is 348 g/mol. The Morgan fingerprint density at radius 2 is 1.95 bits per heavy atom. The zero-order chi connectivity index (χ0) is 14.4. The smallest absolute Gasteiger partial charge is 0.227 e. The highest BCUT2D eigenvalue weighted by molar-refractivity contribution is 8.01. The Morgan fingerprint density at radius 3 is 2.65 bits per heavy atom. The molecule has 2 heterocycles. The second-order valence-corrected chi connectivity index (χ2v) is 8.20. The third-order valence-electron chi connectivity index (χ3n) is 1.90. The van der Waals surface area contributed by atoms with E-state index in [9.17, 15) is 4.79 Å². The number of carbonyl (C=O) groups is 1. The van der Waals surface area contributed by atoms with Crippen LogP contribution < -0.4 is 11.1 Å². The Bertz CT molecular complexity index is 570. The van der Waals surface area contributed by atoms with Crippen molar-refractivity contribution < 1.29 is 4.79 Å². The Labute approximate surface area is 132 Å². The van der Waals surface area contributed by atoms with Crippen molar-refractivity contribution in [2.75, 3.05) is 22.6 Å². The number of nitrogens with two attached hydrogens (primary N) is 1. The van der Waals surface area contributed by atoms with Gasteiger partial charge in [-0.25, -0.2) is 0 Å². The molecule has 0 fully saturated rings. The van der Waals surface area contributed by atoms with Gasteiger partial charge in [0.15, 0.2) is 8.68 Å². The number of nitrogens with one attached hydrogen (secondary N) is 1. The fraction of sp³-hybridized carbons (Fsp3) is 0.444. The molecule has 0 saturated carbocycles. The number of hydrogen-bond donors (Lipinski definition) is 2. The second-order valence-electron chi connectivity index (χ2n) is 3.36. The number of aromatic nitrogens is 4. The van der Waals surface area contributed by atoms with Crippen LogP contribution in [0.1, 0.15) is 13.3 Å². The molecule has 11 heteroatoms. The number of carbonyl (C=O) groups excluding carboxylic acids is 1. The number of hydrogen-bond acceptors (Lipinski definition) is 10. The van der Waals surface area contributed by atoms with Crippen LogP contribution in [0.25, 0.3) is 0 Å². The van der Waals surface area contributed by atoms with Crippen LogP contribution >= 0.6 is 46.2 Å². The molecule has 0 unspecified atom stereocenters. The summed E-state index contributed by atoms with van der Waals surface area (Å²) < 4.78 is 1.63. The fourth-order valence-electron chi connectivity index (χ4n) is 1.13. The first-order chi connectivity index (χ1) is 9.67. The van der Waals surface area contributed by atoms with Gasteiger partial charge in [0.1, 0.15) is 0 Å². The molecule has 108 valence electrons. The molecular formula is C9H12N6OS4. The summed E-state index contributed by atoms with van der Waals surface area (Å²) in [7, 11) is 0. The molecule has 2 aromatic rings. The minimum atomic E-state index is -0.0841. The van der Waals surface area contributed by atoms with Crippen LogP contribution in [0, 0.1) is 0 Å². The predicted octanol–water partition coefficient (Wildman–Crippen LogP) is 2.20. The summed E-state index contributed by atoms with van der Waals surface area (Å²) in [6.45, 7) is 2.04. The number of rotatable bonds is 7. The van der Waals surface area contributed by atoms with Crippen molar-refractivity contribution >= 4 is 62.4 Å². The third kappa shape index (κ3) is 4.89. The average Bonchev–Trinajstić information content (AvgIpc) is 3.00. The van der Waals surface area contributed by atoms with Crippen molar-refractivity contribution in [3.63, 3.8) is 0 Å². The van der Waals surface area contributed by atoms with E-state index in [0.717, 1.165) is 14.4 Å². The lowest BCUT2D eigenvalue weighted by Crippen LogP contribution is -2.11. The highest BCUT2D eigenvalue weighted by Gasteiger charge is 2.09. The van der Waals surface area contributed by atoms with Gasteiger partial charge in [-0.05, 0) is 5.75 Å². The lowest BCUT2D eigenvalue weighted by atomic mass is 10.5. The normalized spacial score (nSPS) is 10.7. The molecule has 2 rings (SSSR count). The van der Waals surface area contributed by atoms with Crippen molar-refractivity contribution in [1.82, 2.24) is 20.4 Å². The number of nitrogen functional groups attached to an aromatic ring is 1. The van der Waals surface area contributed by atoms with E-state index in [0.29, 0.717) is 22.4 Å². The van der Waals surface area contributed by atoms with Gasteiger partial charge in [-0.2, -0.15) is 0 Å². The molecule has 0 bridgehead atoms. The predicted molar refractivity (Wildman–Crippen MR) is 84.6 cm³/mol. The maximum Gasteiger partial charge on any atom is 0.227 e. The maximum absolute atomic E-state index is 11.7. The summed E-state index contributed by atoms with van der Waals surface area (Å²) in [5, 5.41) is 19.2. The molecule has 0 aliphatic heterocycles. The molecule has 1 amide bonds. The summed E-state index contributed by atoms with van der Waals surface area (Å²) in [4.78, 5) is 11.7. The van der Waals surface area contributed by atoms with Gasteiger partial charge in [0.25, 0.3) is 0 Å². The average molecular weight is 349 g/mol. The molecule has 3 N–H and O–H groups in total. The van der Waals surface area contributed by atoms with E-state index in [1.807, 2.05) is 6.92 Å². The molecular weight excluding hydrogens is 336 g/mol. The zero-order valence-electron chi connectivity index (χ0n) is 10.5. The van der Waals surface area contributed by atoms with Crippen LogP contribution in [0.15, 0.2) is 8.68 Å². The Hall–Kier alpha value is -0.910. The van der Waals surface area contributed by atoms with E-state index in [-0.39, 0.29) is 5.91 Å². The van der Waals surface area contributed by atoms with Gasteiger partial charge in [0.05, 0.1) is 0 Å². The minimum Gasteiger partial charge on any atom is -0.374 e. The fourth-order valence-corrected chi connectivity index (χ4v) is 4.44. The highest BCUT2D eigenvalue weighted by atomic mass is 32.2. The molecule has 0 aromatic carbocycles. The number of amides is 1. The molecule has 0 aliphatic rings. The minimum absolute atomic E-state index is 0.0841. The topological polar surface area (TPSA) is 107 Å². The first-order valence-electron chi connectivity index (χ1n) is 5.65. The molecule has 0 aliphatic carbocycles. The highest BCUT2D eigenvalue weighted by Crippen LogP contribution is 2.26. The van der Waals surface area contributed by atoms with Crippen molar-refractivity contribution in [3.05, 3.63) is 0 Å². The van der Waals surface area contributed by atoms with E-state index in [1.165, 1.54) is 34.4 Å². The molecule has 20 heavy (non-hydrogen) atoms. The summed E-state index contributed by atoms with van der Waals surface area (Å²) in [5.41, 5.74) is 5.48. The van der Waals surface area contributed by atoms with E-state index in [1.54, 1.807) is 11.8 Å².